The van der Waals surface area contributed by atoms with Gasteiger partial charge in [0.25, 0.3) is 5.56 Å². The molecule has 1 aliphatic rings. The summed E-state index contributed by atoms with van der Waals surface area (Å²) < 4.78 is 2.46. The largest absolute Gasteiger partial charge is 0.332 e. The smallest absolute Gasteiger partial charge is 0.325 e. The molecule has 0 N–H and O–H groups in total. The summed E-state index contributed by atoms with van der Waals surface area (Å²) in [5.41, 5.74) is 1.89. The Morgan fingerprint density at radius 1 is 1.04 bits per heavy atom. The van der Waals surface area contributed by atoms with E-state index in [-0.39, 0.29) is 5.56 Å². The van der Waals surface area contributed by atoms with Gasteiger partial charge in [0, 0.05) is 26.3 Å². The lowest BCUT2D eigenvalue weighted by Crippen LogP contribution is -2.37. The van der Waals surface area contributed by atoms with Gasteiger partial charge in [-0.2, -0.15) is 0 Å². The fraction of sp³-hybridized carbons (Fsp3) is 0.333. The first-order valence-corrected chi connectivity index (χ1v) is 9.50. The van der Waals surface area contributed by atoms with Crippen LogP contribution in [0.2, 0.25) is 0 Å². The van der Waals surface area contributed by atoms with Crippen LogP contribution in [0.25, 0.3) is 11.0 Å². The Morgan fingerprint density at radius 2 is 1.82 bits per heavy atom. The normalized spacial score (nSPS) is 14.1. The van der Waals surface area contributed by atoms with Crippen molar-refractivity contribution in [3.8, 4) is 0 Å². The molecule has 1 aliphatic carbocycles. The lowest BCUT2D eigenvalue weighted by Gasteiger charge is -2.28. The van der Waals surface area contributed by atoms with Crippen molar-refractivity contribution < 1.29 is 0 Å². The van der Waals surface area contributed by atoms with E-state index in [9.17, 15) is 9.59 Å². The van der Waals surface area contributed by atoms with E-state index in [1.54, 1.807) is 13.1 Å². The van der Waals surface area contributed by atoms with E-state index < -0.39 is 5.69 Å². The van der Waals surface area contributed by atoms with Crippen molar-refractivity contribution in [2.24, 2.45) is 14.1 Å². The van der Waals surface area contributed by atoms with Gasteiger partial charge in [-0.1, -0.05) is 36.4 Å². The summed E-state index contributed by atoms with van der Waals surface area (Å²) in [4.78, 5) is 26.9. The molecule has 144 valence electrons. The quantitative estimate of drug-likeness (QED) is 0.698. The number of fused-ring (bicyclic) bond motifs is 1. The lowest BCUT2D eigenvalue weighted by atomic mass is 10.0. The lowest BCUT2D eigenvalue weighted by molar-refractivity contribution is 0.665. The van der Waals surface area contributed by atoms with Crippen molar-refractivity contribution >= 4 is 16.9 Å². The van der Waals surface area contributed by atoms with Gasteiger partial charge in [-0.05, 0) is 37.3 Å². The molecule has 0 unspecified atom stereocenters. The second-order valence-electron chi connectivity index (χ2n) is 7.16. The number of aryl methyl sites for hydroxylation is 1. The van der Waals surface area contributed by atoms with Crippen molar-refractivity contribution in [1.29, 1.82) is 0 Å². The van der Waals surface area contributed by atoms with E-state index in [1.807, 2.05) is 18.2 Å². The molecular formula is C21H23N5O2. The van der Waals surface area contributed by atoms with Crippen LogP contribution in [-0.2, 0) is 20.6 Å². The number of allylic oxidation sites excluding steroid dienone is 2. The first kappa shape index (κ1) is 18.2. The maximum absolute atomic E-state index is 12.7. The molecule has 0 atom stereocenters. The van der Waals surface area contributed by atoms with Crippen LogP contribution in [0.3, 0.4) is 0 Å². The van der Waals surface area contributed by atoms with Gasteiger partial charge in [-0.3, -0.25) is 13.9 Å². The zero-order chi connectivity index (χ0) is 19.7. The molecule has 4 rings (SSSR count). The van der Waals surface area contributed by atoms with E-state index in [0.29, 0.717) is 23.4 Å². The maximum atomic E-state index is 12.7. The molecule has 0 fully saturated rings. The molecule has 0 radical (unpaired) electrons. The van der Waals surface area contributed by atoms with Crippen LogP contribution in [0.4, 0.5) is 5.82 Å². The number of anilines is 1. The van der Waals surface area contributed by atoms with E-state index in [0.717, 1.165) is 29.4 Å². The van der Waals surface area contributed by atoms with Crippen molar-refractivity contribution in [1.82, 2.24) is 19.3 Å². The molecule has 0 saturated heterocycles. The fourth-order valence-electron chi connectivity index (χ4n) is 3.66. The van der Waals surface area contributed by atoms with E-state index in [1.165, 1.54) is 23.7 Å². The Labute approximate surface area is 162 Å². The molecule has 3 aromatic rings. The van der Waals surface area contributed by atoms with Crippen molar-refractivity contribution in [3.63, 3.8) is 0 Å². The summed E-state index contributed by atoms with van der Waals surface area (Å²) in [6.07, 6.45) is 6.58. The van der Waals surface area contributed by atoms with Crippen molar-refractivity contribution in [3.05, 3.63) is 74.6 Å². The predicted molar refractivity (Wildman–Crippen MR) is 109 cm³/mol. The minimum atomic E-state index is -0.407. The zero-order valence-corrected chi connectivity index (χ0v) is 16.1. The maximum Gasteiger partial charge on any atom is 0.332 e. The average molecular weight is 377 g/mol. The van der Waals surface area contributed by atoms with Crippen LogP contribution in [0.1, 0.15) is 31.2 Å². The van der Waals surface area contributed by atoms with Crippen LogP contribution in [0.5, 0.6) is 0 Å². The summed E-state index contributed by atoms with van der Waals surface area (Å²) in [5.74, 6) is 0.625. The molecule has 0 aliphatic heterocycles. The molecule has 0 spiro atoms. The summed E-state index contributed by atoms with van der Waals surface area (Å²) in [6.45, 7) is 0.652. The first-order chi connectivity index (χ1) is 13.6. The number of hydrogen-bond acceptors (Lipinski definition) is 5. The molecule has 28 heavy (non-hydrogen) atoms. The SMILES string of the molecule is Cn1c(=O)c2cc(N(Cc3ccccc3)C3=CCCCC3)nnc2n(C)c1=O. The zero-order valence-electron chi connectivity index (χ0n) is 16.1. The van der Waals surface area contributed by atoms with E-state index in [2.05, 4.69) is 33.3 Å². The Bertz CT molecular complexity index is 1160. The monoisotopic (exact) mass is 377 g/mol. The van der Waals surface area contributed by atoms with Crippen molar-refractivity contribution in [2.45, 2.75) is 32.2 Å². The highest BCUT2D eigenvalue weighted by Crippen LogP contribution is 2.27. The summed E-state index contributed by atoms with van der Waals surface area (Å²) in [5, 5.41) is 9.00. The molecule has 1 aromatic carbocycles. The standard InChI is InChI=1S/C21H23N5O2/c1-24-19-17(20(27)25(2)21(24)28)13-18(22-23-19)26(16-11-7-4-8-12-16)14-15-9-5-3-6-10-15/h3,5-6,9-11,13H,4,7-8,12,14H2,1-2H3. The van der Waals surface area contributed by atoms with Gasteiger partial charge in [0.1, 0.15) is 0 Å². The number of benzene rings is 1. The van der Waals surface area contributed by atoms with Crippen LogP contribution in [0.15, 0.2) is 57.8 Å². The highest BCUT2D eigenvalue weighted by molar-refractivity contribution is 5.76. The van der Waals surface area contributed by atoms with Crippen molar-refractivity contribution in [2.75, 3.05) is 4.90 Å². The van der Waals surface area contributed by atoms with E-state index in [4.69, 9.17) is 0 Å². The highest BCUT2D eigenvalue weighted by atomic mass is 16.2. The molecule has 0 bridgehead atoms. The van der Waals surface area contributed by atoms with Gasteiger partial charge in [-0.25, -0.2) is 4.79 Å². The van der Waals surface area contributed by atoms with Crippen LogP contribution < -0.4 is 16.1 Å². The number of nitrogens with zero attached hydrogens (tertiary/aromatic N) is 5. The third-order valence-electron chi connectivity index (χ3n) is 5.26. The number of aromatic nitrogens is 4. The van der Waals surface area contributed by atoms with Crippen LogP contribution >= 0.6 is 0 Å². The third kappa shape index (κ3) is 3.24. The van der Waals surface area contributed by atoms with Crippen LogP contribution in [0, 0.1) is 0 Å². The topological polar surface area (TPSA) is 73.0 Å². The van der Waals surface area contributed by atoms with Gasteiger partial charge in [-0.15, -0.1) is 10.2 Å². The molecule has 0 amide bonds. The fourth-order valence-corrected chi connectivity index (χ4v) is 3.66. The van der Waals surface area contributed by atoms with Gasteiger partial charge in [0.15, 0.2) is 11.5 Å². The average Bonchev–Trinajstić information content (AvgIpc) is 2.75. The molecule has 2 heterocycles. The minimum Gasteiger partial charge on any atom is -0.325 e. The van der Waals surface area contributed by atoms with Gasteiger partial charge in [0.2, 0.25) is 0 Å². The second kappa shape index (κ2) is 7.42. The number of rotatable bonds is 4. The molecule has 7 nitrogen and oxygen atoms in total. The Hall–Kier alpha value is -3.22. The Morgan fingerprint density at radius 3 is 2.54 bits per heavy atom. The molecular weight excluding hydrogens is 354 g/mol. The van der Waals surface area contributed by atoms with Crippen LogP contribution in [-0.4, -0.2) is 19.3 Å². The Balaban J connectivity index is 1.86. The van der Waals surface area contributed by atoms with E-state index >= 15 is 0 Å². The molecule has 2 aromatic heterocycles. The summed E-state index contributed by atoms with van der Waals surface area (Å²) in [6, 6.07) is 11.9. The third-order valence-corrected chi connectivity index (χ3v) is 5.26. The first-order valence-electron chi connectivity index (χ1n) is 9.50. The Kier molecular flexibility index (Phi) is 4.81. The molecule has 7 heteroatoms. The summed E-state index contributed by atoms with van der Waals surface area (Å²) >= 11 is 0. The highest BCUT2D eigenvalue weighted by Gasteiger charge is 2.19. The van der Waals surface area contributed by atoms with Gasteiger partial charge >= 0.3 is 5.69 Å². The van der Waals surface area contributed by atoms with Gasteiger partial charge in [0.05, 0.1) is 5.39 Å². The predicted octanol–water partition coefficient (Wildman–Crippen LogP) is 2.49. The number of hydrogen-bond donors (Lipinski definition) is 0. The second-order valence-corrected chi connectivity index (χ2v) is 7.16. The molecule has 0 saturated carbocycles. The minimum absolute atomic E-state index is 0.300. The summed E-state index contributed by atoms with van der Waals surface area (Å²) in [7, 11) is 3.08. The van der Waals surface area contributed by atoms with Gasteiger partial charge < -0.3 is 4.90 Å².